The van der Waals surface area contributed by atoms with Crippen LogP contribution in [0.2, 0.25) is 0 Å². The highest BCUT2D eigenvalue weighted by atomic mass is 19.1. The molecule has 3 rings (SSSR count). The number of benzene rings is 1. The minimum atomic E-state index is -0.210. The van der Waals surface area contributed by atoms with Crippen LogP contribution in [0.3, 0.4) is 0 Å². The number of hydrogen-bond acceptors (Lipinski definition) is 2. The lowest BCUT2D eigenvalue weighted by molar-refractivity contribution is 0.491. The third-order valence-electron chi connectivity index (χ3n) is 3.17. The molecule has 0 saturated carbocycles. The summed E-state index contributed by atoms with van der Waals surface area (Å²) in [7, 11) is 0. The standard InChI is InChI=1S/C13H14FN3/c14-12-3-1-2-10(6-12)11-7-16-17(9-11)13-4-5-15-8-13/h1-3,6-7,9,13,15H,4-5,8H2. The topological polar surface area (TPSA) is 29.9 Å². The second-order valence-electron chi connectivity index (χ2n) is 4.37. The zero-order chi connectivity index (χ0) is 11.7. The predicted molar refractivity (Wildman–Crippen MR) is 64.1 cm³/mol. The summed E-state index contributed by atoms with van der Waals surface area (Å²) in [6.07, 6.45) is 4.89. The van der Waals surface area contributed by atoms with Crippen molar-refractivity contribution in [2.75, 3.05) is 13.1 Å². The largest absolute Gasteiger partial charge is 0.315 e. The molecule has 0 aliphatic carbocycles. The lowest BCUT2D eigenvalue weighted by Crippen LogP contribution is -2.13. The van der Waals surface area contributed by atoms with Crippen LogP contribution >= 0.6 is 0 Å². The fourth-order valence-corrected chi connectivity index (χ4v) is 2.22. The van der Waals surface area contributed by atoms with Crippen LogP contribution in [-0.2, 0) is 0 Å². The molecule has 0 amide bonds. The van der Waals surface area contributed by atoms with E-state index in [1.165, 1.54) is 12.1 Å². The van der Waals surface area contributed by atoms with Gasteiger partial charge in [0.15, 0.2) is 0 Å². The second-order valence-corrected chi connectivity index (χ2v) is 4.37. The predicted octanol–water partition coefficient (Wildman–Crippen LogP) is 2.22. The van der Waals surface area contributed by atoms with Gasteiger partial charge in [-0.05, 0) is 30.7 Å². The monoisotopic (exact) mass is 231 g/mol. The maximum absolute atomic E-state index is 13.1. The van der Waals surface area contributed by atoms with E-state index < -0.39 is 0 Å². The third-order valence-corrected chi connectivity index (χ3v) is 3.17. The van der Waals surface area contributed by atoms with Gasteiger partial charge >= 0.3 is 0 Å². The first kappa shape index (κ1) is 10.5. The molecule has 2 heterocycles. The quantitative estimate of drug-likeness (QED) is 0.859. The smallest absolute Gasteiger partial charge is 0.123 e. The Labute approximate surface area is 99.3 Å². The molecule has 88 valence electrons. The number of halogens is 1. The lowest BCUT2D eigenvalue weighted by atomic mass is 10.1. The minimum Gasteiger partial charge on any atom is -0.315 e. The summed E-state index contributed by atoms with van der Waals surface area (Å²) in [5.74, 6) is -0.210. The van der Waals surface area contributed by atoms with Crippen molar-refractivity contribution in [3.8, 4) is 11.1 Å². The van der Waals surface area contributed by atoms with Crippen LogP contribution in [-0.4, -0.2) is 22.9 Å². The van der Waals surface area contributed by atoms with E-state index >= 15 is 0 Å². The van der Waals surface area contributed by atoms with Crippen LogP contribution in [0.1, 0.15) is 12.5 Å². The van der Waals surface area contributed by atoms with Crippen molar-refractivity contribution in [2.24, 2.45) is 0 Å². The molecular formula is C13H14FN3. The molecule has 4 heteroatoms. The number of nitrogens with one attached hydrogen (secondary N) is 1. The van der Waals surface area contributed by atoms with Crippen molar-refractivity contribution in [3.05, 3.63) is 42.5 Å². The van der Waals surface area contributed by atoms with Crippen LogP contribution in [0, 0.1) is 5.82 Å². The number of hydrogen-bond donors (Lipinski definition) is 1. The van der Waals surface area contributed by atoms with Crippen LogP contribution in [0.15, 0.2) is 36.7 Å². The van der Waals surface area contributed by atoms with Gasteiger partial charge in [-0.2, -0.15) is 5.10 Å². The minimum absolute atomic E-state index is 0.210. The summed E-state index contributed by atoms with van der Waals surface area (Å²) in [6.45, 7) is 2.00. The van der Waals surface area contributed by atoms with Gasteiger partial charge in [-0.15, -0.1) is 0 Å². The molecule has 3 nitrogen and oxygen atoms in total. The molecule has 1 aliphatic heterocycles. The molecule has 0 radical (unpaired) electrons. The molecule has 1 fully saturated rings. The van der Waals surface area contributed by atoms with Gasteiger partial charge in [-0.1, -0.05) is 12.1 Å². The average molecular weight is 231 g/mol. The first-order valence-corrected chi connectivity index (χ1v) is 5.84. The van der Waals surface area contributed by atoms with Crippen molar-refractivity contribution in [2.45, 2.75) is 12.5 Å². The van der Waals surface area contributed by atoms with Crippen molar-refractivity contribution in [3.63, 3.8) is 0 Å². The highest BCUT2D eigenvalue weighted by Gasteiger charge is 2.17. The summed E-state index contributed by atoms with van der Waals surface area (Å²) in [6, 6.07) is 7.04. The summed E-state index contributed by atoms with van der Waals surface area (Å²) in [5.41, 5.74) is 1.85. The fraction of sp³-hybridized carbons (Fsp3) is 0.308. The molecular weight excluding hydrogens is 217 g/mol. The van der Waals surface area contributed by atoms with Crippen molar-refractivity contribution in [1.82, 2.24) is 15.1 Å². The van der Waals surface area contributed by atoms with Gasteiger partial charge in [0.25, 0.3) is 0 Å². The van der Waals surface area contributed by atoms with Gasteiger partial charge in [0, 0.05) is 18.3 Å². The Hall–Kier alpha value is -1.68. The molecule has 17 heavy (non-hydrogen) atoms. The van der Waals surface area contributed by atoms with E-state index in [0.29, 0.717) is 6.04 Å². The molecule has 1 aliphatic rings. The molecule has 0 bridgehead atoms. The highest BCUT2D eigenvalue weighted by molar-refractivity contribution is 5.61. The normalized spacial score (nSPS) is 19.7. The Kier molecular flexibility index (Phi) is 2.65. The zero-order valence-corrected chi connectivity index (χ0v) is 9.44. The summed E-state index contributed by atoms with van der Waals surface area (Å²) < 4.78 is 15.1. The van der Waals surface area contributed by atoms with E-state index in [1.807, 2.05) is 16.9 Å². The first-order valence-electron chi connectivity index (χ1n) is 5.84. The van der Waals surface area contributed by atoms with Crippen LogP contribution in [0.4, 0.5) is 4.39 Å². The second kappa shape index (κ2) is 4.30. The van der Waals surface area contributed by atoms with Gasteiger partial charge in [0.1, 0.15) is 5.82 Å². The zero-order valence-electron chi connectivity index (χ0n) is 9.44. The van der Waals surface area contributed by atoms with Crippen molar-refractivity contribution in [1.29, 1.82) is 0 Å². The van der Waals surface area contributed by atoms with E-state index in [1.54, 1.807) is 12.3 Å². The van der Waals surface area contributed by atoms with Crippen molar-refractivity contribution >= 4 is 0 Å². The lowest BCUT2D eigenvalue weighted by Gasteiger charge is -2.07. The molecule has 0 spiro atoms. The Balaban J connectivity index is 1.89. The molecule has 1 saturated heterocycles. The molecule has 1 atom stereocenters. The van der Waals surface area contributed by atoms with Crippen LogP contribution in [0.25, 0.3) is 11.1 Å². The van der Waals surface area contributed by atoms with Crippen LogP contribution < -0.4 is 5.32 Å². The number of aromatic nitrogens is 2. The van der Waals surface area contributed by atoms with E-state index in [0.717, 1.165) is 30.6 Å². The summed E-state index contributed by atoms with van der Waals surface area (Å²) >= 11 is 0. The van der Waals surface area contributed by atoms with Gasteiger partial charge in [-0.3, -0.25) is 4.68 Å². The Morgan fingerprint density at radius 3 is 3.06 bits per heavy atom. The summed E-state index contributed by atoms with van der Waals surface area (Å²) in [5, 5.41) is 7.67. The molecule has 1 unspecified atom stereocenters. The van der Waals surface area contributed by atoms with E-state index in [-0.39, 0.29) is 5.82 Å². The Morgan fingerprint density at radius 1 is 1.35 bits per heavy atom. The van der Waals surface area contributed by atoms with Gasteiger partial charge in [-0.25, -0.2) is 4.39 Å². The number of nitrogens with zero attached hydrogens (tertiary/aromatic N) is 2. The third kappa shape index (κ3) is 2.08. The van der Waals surface area contributed by atoms with Crippen molar-refractivity contribution < 1.29 is 4.39 Å². The number of rotatable bonds is 2. The van der Waals surface area contributed by atoms with Gasteiger partial charge in [0.2, 0.25) is 0 Å². The maximum atomic E-state index is 13.1. The van der Waals surface area contributed by atoms with E-state index in [9.17, 15) is 4.39 Å². The molecule has 1 N–H and O–H groups in total. The van der Waals surface area contributed by atoms with Gasteiger partial charge in [0.05, 0.1) is 12.2 Å². The Morgan fingerprint density at radius 2 is 2.29 bits per heavy atom. The van der Waals surface area contributed by atoms with E-state index in [4.69, 9.17) is 0 Å². The Bertz CT molecular complexity index is 515. The van der Waals surface area contributed by atoms with E-state index in [2.05, 4.69) is 10.4 Å². The van der Waals surface area contributed by atoms with Gasteiger partial charge < -0.3 is 5.32 Å². The first-order chi connectivity index (χ1) is 8.33. The molecule has 1 aromatic heterocycles. The molecule has 1 aromatic carbocycles. The average Bonchev–Trinajstić information content (AvgIpc) is 3.00. The highest BCUT2D eigenvalue weighted by Crippen LogP contribution is 2.22. The fourth-order valence-electron chi connectivity index (χ4n) is 2.22. The SMILES string of the molecule is Fc1cccc(-c2cnn(C3CCNC3)c2)c1. The molecule has 2 aromatic rings. The summed E-state index contributed by atoms with van der Waals surface area (Å²) in [4.78, 5) is 0. The maximum Gasteiger partial charge on any atom is 0.123 e. The van der Waals surface area contributed by atoms with Crippen LogP contribution in [0.5, 0.6) is 0 Å².